The van der Waals surface area contributed by atoms with Gasteiger partial charge in [-0.25, -0.2) is 4.79 Å². The van der Waals surface area contributed by atoms with Crippen LogP contribution in [0.3, 0.4) is 0 Å². The summed E-state index contributed by atoms with van der Waals surface area (Å²) in [7, 11) is 0. The molecule has 0 amide bonds. The number of esters is 1. The van der Waals surface area contributed by atoms with Crippen LogP contribution in [-0.2, 0) is 28.5 Å². The van der Waals surface area contributed by atoms with Crippen molar-refractivity contribution in [2.24, 2.45) is 0 Å². The zero-order valence-electron chi connectivity index (χ0n) is 33.7. The molecule has 0 radical (unpaired) electrons. The maximum absolute atomic E-state index is 14.4. The van der Waals surface area contributed by atoms with E-state index in [1.54, 1.807) is 0 Å². The van der Waals surface area contributed by atoms with E-state index in [4.69, 9.17) is 37.6 Å². The first-order valence-corrected chi connectivity index (χ1v) is 19.7. The lowest BCUT2D eigenvalue weighted by Gasteiger charge is -2.43. The second-order valence-corrected chi connectivity index (χ2v) is 15.4. The van der Waals surface area contributed by atoms with E-state index in [1.807, 2.05) is 0 Å². The van der Waals surface area contributed by atoms with E-state index in [1.165, 1.54) is 50.3 Å². The van der Waals surface area contributed by atoms with Crippen LogP contribution in [0.1, 0.15) is 19.4 Å². The molecule has 4 heterocycles. The fourth-order valence-electron chi connectivity index (χ4n) is 7.20. The van der Waals surface area contributed by atoms with Gasteiger partial charge in [-0.1, -0.05) is 12.1 Å². The van der Waals surface area contributed by atoms with Crippen LogP contribution in [0.5, 0.6) is 34.5 Å². The Balaban J connectivity index is 1.23. The molecule has 0 bridgehead atoms. The molecule has 4 aromatic rings. The molecule has 0 aliphatic carbocycles. The molecule has 3 aliphatic rings. The first kappa shape index (κ1) is 46.4. The summed E-state index contributed by atoms with van der Waals surface area (Å²) in [6, 6.07) is 10.9. The number of phenols is 4. The molecular formula is C42H46O22. The third-order valence-corrected chi connectivity index (χ3v) is 10.9. The first-order valence-electron chi connectivity index (χ1n) is 19.7. The average molecular weight is 903 g/mol. The van der Waals surface area contributed by atoms with Crippen molar-refractivity contribution < 1.29 is 104 Å². The molecule has 15 atom stereocenters. The number of ether oxygens (including phenoxy) is 7. The number of benzene rings is 3. The Morgan fingerprint density at radius 2 is 1.27 bits per heavy atom. The van der Waals surface area contributed by atoms with E-state index in [0.717, 1.165) is 30.3 Å². The zero-order chi connectivity index (χ0) is 46.3. The van der Waals surface area contributed by atoms with Gasteiger partial charge in [0.1, 0.15) is 83.2 Å². The van der Waals surface area contributed by atoms with Gasteiger partial charge in [0.2, 0.25) is 23.8 Å². The summed E-state index contributed by atoms with van der Waals surface area (Å²) >= 11 is 0. The van der Waals surface area contributed by atoms with Crippen LogP contribution in [0.2, 0.25) is 0 Å². The van der Waals surface area contributed by atoms with Crippen molar-refractivity contribution in [1.82, 2.24) is 0 Å². The van der Waals surface area contributed by atoms with Gasteiger partial charge in [0.25, 0.3) is 0 Å². The van der Waals surface area contributed by atoms with E-state index in [0.29, 0.717) is 5.56 Å². The van der Waals surface area contributed by atoms with Crippen LogP contribution in [0.25, 0.3) is 28.4 Å². The van der Waals surface area contributed by atoms with Crippen LogP contribution in [0.15, 0.2) is 69.9 Å². The molecule has 12 N–H and O–H groups in total. The van der Waals surface area contributed by atoms with E-state index in [2.05, 4.69) is 0 Å². The number of fused-ring (bicyclic) bond motifs is 1. The van der Waals surface area contributed by atoms with Crippen molar-refractivity contribution >= 4 is 23.0 Å². The molecule has 3 fully saturated rings. The number of hydrogen-bond acceptors (Lipinski definition) is 22. The smallest absolute Gasteiger partial charge is 0.331 e. The predicted octanol–water partition coefficient (Wildman–Crippen LogP) is -1.22. The summed E-state index contributed by atoms with van der Waals surface area (Å²) < 4.78 is 45.7. The molecule has 3 aliphatic heterocycles. The van der Waals surface area contributed by atoms with Gasteiger partial charge in [-0.2, -0.15) is 0 Å². The molecule has 3 aromatic carbocycles. The van der Waals surface area contributed by atoms with Crippen LogP contribution >= 0.6 is 0 Å². The highest BCUT2D eigenvalue weighted by Crippen LogP contribution is 2.40. The average Bonchev–Trinajstić information content (AvgIpc) is 3.26. The van der Waals surface area contributed by atoms with Gasteiger partial charge in [-0.15, -0.1) is 0 Å². The van der Waals surface area contributed by atoms with Gasteiger partial charge in [-0.05, 0) is 55.8 Å². The third-order valence-electron chi connectivity index (χ3n) is 10.9. The second kappa shape index (κ2) is 18.9. The standard InChI is InChI=1S/C42H46O22/c1-15-28(48)31(51)34(54)40(58-15)57-14-25-38(63-26(47)10-5-17-3-7-19(43)8-4-17)33(53)36(56)42(62-25)64-39-30(50)27-23(46)12-20(60-41-35(55)32(52)29(49)16(2)59-41)13-24(27)61-37(39)18-6-9-21(44)22(45)11-18/h3-13,15-16,25,28-29,31-36,38,40-46,48-49,51-56H,14H2,1-2H3/b10-5+/t15-,16+,25+,28+,29+,31+,32+,33+,34-,35+,36-,38+,40-,41+,42+/m1/s1. The monoisotopic (exact) mass is 902 g/mol. The van der Waals surface area contributed by atoms with Crippen molar-refractivity contribution in [1.29, 1.82) is 0 Å². The topological polar surface area (TPSA) is 355 Å². The molecule has 7 rings (SSSR count). The Morgan fingerprint density at radius 1 is 0.656 bits per heavy atom. The minimum atomic E-state index is -2.15. The SMILES string of the molecule is C[C@@H]1O[C@@H](Oc2cc(O)c3c(=O)c(O[C@@H]4O[C@@H](CO[C@@H]5O[C@H](C)[C@H](O)[C@H](O)[C@H]5O)[C@H](OC(=O)/C=C/c5ccc(O)cc5)[C@@H](O)[C@H]4O)c(-c4ccc(O)c(O)c4)oc3c2)[C@@H](O)[C@@H](O)[C@H]1O. The number of aliphatic hydroxyl groups excluding tert-OH is 8. The van der Waals surface area contributed by atoms with Crippen molar-refractivity contribution in [3.63, 3.8) is 0 Å². The number of hydrogen-bond donors (Lipinski definition) is 12. The molecule has 0 saturated carbocycles. The van der Waals surface area contributed by atoms with Crippen LogP contribution in [0, 0.1) is 0 Å². The van der Waals surface area contributed by atoms with Gasteiger partial charge in [0.15, 0.2) is 29.7 Å². The molecular weight excluding hydrogens is 856 g/mol. The first-order chi connectivity index (χ1) is 30.3. The number of phenolic OH excluding ortho intramolecular Hbond substituents is 4. The molecule has 0 unspecified atom stereocenters. The van der Waals surface area contributed by atoms with Crippen molar-refractivity contribution in [3.8, 4) is 45.8 Å². The van der Waals surface area contributed by atoms with Gasteiger partial charge in [0, 0.05) is 23.8 Å². The fraction of sp³-hybridized carbons (Fsp3) is 0.429. The number of carbonyl (C=O) groups excluding carboxylic acids is 1. The number of carbonyl (C=O) groups is 1. The Bertz CT molecular complexity index is 2390. The summed E-state index contributed by atoms with van der Waals surface area (Å²) in [5.74, 6) is -4.73. The van der Waals surface area contributed by atoms with Gasteiger partial charge >= 0.3 is 5.97 Å². The summed E-state index contributed by atoms with van der Waals surface area (Å²) in [6.07, 6.45) is -22.6. The quantitative estimate of drug-likeness (QED) is 0.0477. The second-order valence-electron chi connectivity index (χ2n) is 15.4. The molecule has 22 nitrogen and oxygen atoms in total. The molecule has 22 heteroatoms. The van der Waals surface area contributed by atoms with Gasteiger partial charge in [-0.3, -0.25) is 4.79 Å². The van der Waals surface area contributed by atoms with Crippen molar-refractivity contribution in [3.05, 3.63) is 76.5 Å². The van der Waals surface area contributed by atoms with Crippen molar-refractivity contribution in [2.45, 2.75) is 106 Å². The van der Waals surface area contributed by atoms with E-state index in [9.17, 15) is 70.9 Å². The highest BCUT2D eigenvalue weighted by molar-refractivity contribution is 5.89. The normalized spacial score (nSPS) is 33.2. The molecule has 346 valence electrons. The number of aliphatic hydroxyl groups is 8. The molecule has 3 saturated heterocycles. The highest BCUT2D eigenvalue weighted by Gasteiger charge is 2.50. The van der Waals surface area contributed by atoms with Crippen LogP contribution in [-0.4, -0.2) is 166 Å². The highest BCUT2D eigenvalue weighted by atomic mass is 16.7. The number of aromatic hydroxyl groups is 4. The molecule has 0 spiro atoms. The van der Waals surface area contributed by atoms with Gasteiger partial charge in [0.05, 0.1) is 18.8 Å². The summed E-state index contributed by atoms with van der Waals surface area (Å²) in [4.78, 5) is 27.4. The lowest BCUT2D eigenvalue weighted by Crippen LogP contribution is -2.62. The Morgan fingerprint density at radius 3 is 1.92 bits per heavy atom. The minimum Gasteiger partial charge on any atom is -0.508 e. The fourth-order valence-corrected chi connectivity index (χ4v) is 7.20. The maximum atomic E-state index is 14.4. The molecule has 1 aromatic heterocycles. The predicted molar refractivity (Wildman–Crippen MR) is 213 cm³/mol. The Labute approximate surface area is 361 Å². The molecule has 64 heavy (non-hydrogen) atoms. The van der Waals surface area contributed by atoms with Crippen LogP contribution < -0.4 is 14.9 Å². The summed E-state index contributed by atoms with van der Waals surface area (Å²) in [6.45, 7) is 2.07. The van der Waals surface area contributed by atoms with Gasteiger partial charge < -0.3 is 98.9 Å². The lowest BCUT2D eigenvalue weighted by molar-refractivity contribution is -0.319. The zero-order valence-corrected chi connectivity index (χ0v) is 33.7. The Hall–Kier alpha value is -5.60. The van der Waals surface area contributed by atoms with E-state index in [-0.39, 0.29) is 17.1 Å². The van der Waals surface area contributed by atoms with Crippen molar-refractivity contribution in [2.75, 3.05) is 6.61 Å². The van der Waals surface area contributed by atoms with Crippen LogP contribution in [0.4, 0.5) is 0 Å². The number of rotatable bonds is 11. The summed E-state index contributed by atoms with van der Waals surface area (Å²) in [5, 5.41) is 125. The van der Waals surface area contributed by atoms with E-state index >= 15 is 0 Å². The lowest BCUT2D eigenvalue weighted by atomic mass is 9.98. The summed E-state index contributed by atoms with van der Waals surface area (Å²) in [5.41, 5.74) is -1.20. The maximum Gasteiger partial charge on any atom is 0.331 e. The van der Waals surface area contributed by atoms with E-state index < -0.39 is 150 Å². The third kappa shape index (κ3) is 9.44. The largest absolute Gasteiger partial charge is 0.508 e. The Kier molecular flexibility index (Phi) is 13.7. The minimum absolute atomic E-state index is 0.0312.